The molecule has 2 amide bonds. The summed E-state index contributed by atoms with van der Waals surface area (Å²) in [4.78, 5) is 23.1. The van der Waals surface area contributed by atoms with Crippen LogP contribution in [0.5, 0.6) is 0 Å². The van der Waals surface area contributed by atoms with Gasteiger partial charge >= 0.3 is 0 Å². The van der Waals surface area contributed by atoms with Crippen LogP contribution in [-0.4, -0.2) is 39.0 Å². The first-order chi connectivity index (χ1) is 9.19. The number of hydrogen-bond acceptors (Lipinski definition) is 3. The predicted octanol–water partition coefficient (Wildman–Crippen LogP) is 0.314. The number of amides is 2. The van der Waals surface area contributed by atoms with Crippen LogP contribution in [0.4, 0.5) is 0 Å². The molecule has 0 bridgehead atoms. The van der Waals surface area contributed by atoms with Gasteiger partial charge in [-0.1, -0.05) is 18.2 Å². The van der Waals surface area contributed by atoms with Crippen LogP contribution in [0.3, 0.4) is 0 Å². The van der Waals surface area contributed by atoms with Crippen molar-refractivity contribution in [3.63, 3.8) is 0 Å². The molecule has 0 aliphatic heterocycles. The van der Waals surface area contributed by atoms with E-state index in [0.717, 1.165) is 18.5 Å². The van der Waals surface area contributed by atoms with Crippen molar-refractivity contribution in [2.45, 2.75) is 12.8 Å². The highest BCUT2D eigenvalue weighted by atomic mass is 16.2. The van der Waals surface area contributed by atoms with Gasteiger partial charge < -0.3 is 16.0 Å². The van der Waals surface area contributed by atoms with Crippen LogP contribution < -0.4 is 16.0 Å². The van der Waals surface area contributed by atoms with Crippen molar-refractivity contribution in [3.8, 4) is 0 Å². The van der Waals surface area contributed by atoms with Gasteiger partial charge in [0.25, 0.3) is 5.91 Å². The average Bonchev–Trinajstić information content (AvgIpc) is 2.45. The van der Waals surface area contributed by atoms with Crippen molar-refractivity contribution < 1.29 is 9.59 Å². The molecule has 0 aliphatic rings. The monoisotopic (exact) mass is 263 g/mol. The van der Waals surface area contributed by atoms with Gasteiger partial charge in [0.1, 0.15) is 0 Å². The quantitative estimate of drug-likeness (QED) is 0.663. The molecule has 104 valence electrons. The molecule has 0 aliphatic carbocycles. The summed E-state index contributed by atoms with van der Waals surface area (Å²) in [5, 5.41) is 8.34. The highest BCUT2D eigenvalue weighted by Gasteiger charge is 2.10. The molecule has 3 N–H and O–H groups in total. The number of likely N-dealkylation sites (N-methyl/N-ethyl adjacent to an activating group) is 1. The number of rotatable bonds is 7. The molecule has 1 rings (SSSR count). The Labute approximate surface area is 113 Å². The van der Waals surface area contributed by atoms with Gasteiger partial charge in [0.05, 0.1) is 0 Å². The molecule has 5 nitrogen and oxygen atoms in total. The van der Waals surface area contributed by atoms with E-state index in [9.17, 15) is 9.59 Å². The fourth-order valence-corrected chi connectivity index (χ4v) is 1.73. The van der Waals surface area contributed by atoms with E-state index in [0.29, 0.717) is 18.5 Å². The fourth-order valence-electron chi connectivity index (χ4n) is 1.73. The van der Waals surface area contributed by atoms with Crippen LogP contribution in [0.15, 0.2) is 24.3 Å². The summed E-state index contributed by atoms with van der Waals surface area (Å²) in [6.45, 7) is 1.17. The van der Waals surface area contributed by atoms with Crippen molar-refractivity contribution in [1.82, 2.24) is 16.0 Å². The minimum atomic E-state index is -0.129. The minimum Gasteiger partial charge on any atom is -0.359 e. The zero-order chi connectivity index (χ0) is 14.1. The van der Waals surface area contributed by atoms with Gasteiger partial charge in [-0.3, -0.25) is 9.59 Å². The molecule has 0 unspecified atom stereocenters. The molecular weight excluding hydrogens is 242 g/mol. The lowest BCUT2D eigenvalue weighted by Gasteiger charge is -2.09. The molecule has 5 heteroatoms. The summed E-state index contributed by atoms with van der Waals surface area (Å²) >= 11 is 0. The topological polar surface area (TPSA) is 70.2 Å². The van der Waals surface area contributed by atoms with Crippen LogP contribution >= 0.6 is 0 Å². The molecule has 1 aromatic carbocycles. The molecule has 19 heavy (non-hydrogen) atoms. The summed E-state index contributed by atoms with van der Waals surface area (Å²) in [5.41, 5.74) is 1.68. The standard InChI is InChI=1S/C14H21N3O2/c1-15-9-7-11-5-3-4-6-12(11)14(19)17-10-8-13(18)16-2/h3-6,15H,7-10H2,1-2H3,(H,16,18)(H,17,19). The Hall–Kier alpha value is -1.88. The van der Waals surface area contributed by atoms with Gasteiger partial charge in [0.15, 0.2) is 0 Å². The fraction of sp³-hybridized carbons (Fsp3) is 0.429. The third-order valence-electron chi connectivity index (χ3n) is 2.82. The predicted molar refractivity (Wildman–Crippen MR) is 75.1 cm³/mol. The zero-order valence-electron chi connectivity index (χ0n) is 11.5. The molecular formula is C14H21N3O2. The van der Waals surface area contributed by atoms with E-state index in [1.165, 1.54) is 0 Å². The average molecular weight is 263 g/mol. The van der Waals surface area contributed by atoms with E-state index in [2.05, 4.69) is 16.0 Å². The van der Waals surface area contributed by atoms with E-state index in [4.69, 9.17) is 0 Å². The van der Waals surface area contributed by atoms with Crippen molar-refractivity contribution in [1.29, 1.82) is 0 Å². The SMILES string of the molecule is CNCCc1ccccc1C(=O)NCCC(=O)NC. The van der Waals surface area contributed by atoms with Gasteiger partial charge in [-0.2, -0.15) is 0 Å². The number of nitrogens with one attached hydrogen (secondary N) is 3. The maximum absolute atomic E-state index is 12.0. The van der Waals surface area contributed by atoms with E-state index in [1.807, 2.05) is 25.2 Å². The molecule has 0 atom stereocenters. The van der Waals surface area contributed by atoms with Crippen LogP contribution in [0.25, 0.3) is 0 Å². The Morgan fingerprint density at radius 3 is 2.53 bits per heavy atom. The maximum Gasteiger partial charge on any atom is 0.251 e. The van der Waals surface area contributed by atoms with Crippen molar-refractivity contribution in [3.05, 3.63) is 35.4 Å². The Kier molecular flexibility index (Phi) is 6.60. The first-order valence-corrected chi connectivity index (χ1v) is 6.40. The first-order valence-electron chi connectivity index (χ1n) is 6.40. The summed E-state index contributed by atoms with van der Waals surface area (Å²) in [6, 6.07) is 7.52. The Bertz CT molecular complexity index is 432. The maximum atomic E-state index is 12.0. The van der Waals surface area contributed by atoms with Crippen LogP contribution in [-0.2, 0) is 11.2 Å². The normalized spacial score (nSPS) is 10.0. The van der Waals surface area contributed by atoms with E-state index in [-0.39, 0.29) is 11.8 Å². The number of hydrogen-bond donors (Lipinski definition) is 3. The second kappa shape index (κ2) is 8.26. The molecule has 0 saturated carbocycles. The summed E-state index contributed by atoms with van der Waals surface area (Å²) in [5.74, 6) is -0.209. The second-order valence-corrected chi connectivity index (χ2v) is 4.19. The van der Waals surface area contributed by atoms with E-state index >= 15 is 0 Å². The van der Waals surface area contributed by atoms with Gasteiger partial charge in [0.2, 0.25) is 5.91 Å². The smallest absolute Gasteiger partial charge is 0.251 e. The molecule has 0 spiro atoms. The molecule has 0 aromatic heterocycles. The largest absolute Gasteiger partial charge is 0.359 e. The first kappa shape index (κ1) is 15.2. The molecule has 0 heterocycles. The van der Waals surface area contributed by atoms with Gasteiger partial charge in [-0.15, -0.1) is 0 Å². The number of carbonyl (C=O) groups excluding carboxylic acids is 2. The van der Waals surface area contributed by atoms with Crippen LogP contribution in [0.1, 0.15) is 22.3 Å². The van der Waals surface area contributed by atoms with Crippen molar-refractivity contribution in [2.24, 2.45) is 0 Å². The third kappa shape index (κ3) is 5.09. The van der Waals surface area contributed by atoms with E-state index in [1.54, 1.807) is 13.1 Å². The zero-order valence-corrected chi connectivity index (χ0v) is 11.5. The summed E-state index contributed by atoms with van der Waals surface area (Å²) < 4.78 is 0. The Balaban J connectivity index is 2.58. The highest BCUT2D eigenvalue weighted by Crippen LogP contribution is 2.09. The Morgan fingerprint density at radius 2 is 1.84 bits per heavy atom. The molecule has 0 radical (unpaired) electrons. The van der Waals surface area contributed by atoms with Crippen LogP contribution in [0, 0.1) is 0 Å². The van der Waals surface area contributed by atoms with Gasteiger partial charge in [0, 0.05) is 25.6 Å². The van der Waals surface area contributed by atoms with Crippen molar-refractivity contribution in [2.75, 3.05) is 27.2 Å². The number of carbonyl (C=O) groups is 2. The third-order valence-corrected chi connectivity index (χ3v) is 2.82. The van der Waals surface area contributed by atoms with Gasteiger partial charge in [-0.25, -0.2) is 0 Å². The lowest BCUT2D eigenvalue weighted by atomic mass is 10.0. The summed E-state index contributed by atoms with van der Waals surface area (Å²) in [6.07, 6.45) is 1.09. The molecule has 1 aromatic rings. The van der Waals surface area contributed by atoms with E-state index < -0.39 is 0 Å². The van der Waals surface area contributed by atoms with Crippen molar-refractivity contribution >= 4 is 11.8 Å². The molecule has 0 fully saturated rings. The lowest BCUT2D eigenvalue weighted by Crippen LogP contribution is -2.30. The van der Waals surface area contributed by atoms with Gasteiger partial charge in [-0.05, 0) is 31.6 Å². The van der Waals surface area contributed by atoms with Crippen LogP contribution in [0.2, 0.25) is 0 Å². The number of benzene rings is 1. The molecule has 0 saturated heterocycles. The highest BCUT2D eigenvalue weighted by molar-refractivity contribution is 5.95. The minimum absolute atomic E-state index is 0.0798. The second-order valence-electron chi connectivity index (χ2n) is 4.19. The Morgan fingerprint density at radius 1 is 1.11 bits per heavy atom. The lowest BCUT2D eigenvalue weighted by molar-refractivity contribution is -0.120. The summed E-state index contributed by atoms with van der Waals surface area (Å²) in [7, 11) is 3.46.